The lowest BCUT2D eigenvalue weighted by Crippen LogP contribution is -2.32. The molecule has 148 valence electrons. The number of aryl methyl sites for hydroxylation is 1. The second kappa shape index (κ2) is 7.55. The fourth-order valence-electron chi connectivity index (χ4n) is 3.89. The summed E-state index contributed by atoms with van der Waals surface area (Å²) in [6.07, 6.45) is 6.53. The quantitative estimate of drug-likeness (QED) is 0.651. The van der Waals surface area contributed by atoms with Crippen LogP contribution in [0.15, 0.2) is 17.0 Å². The van der Waals surface area contributed by atoms with Crippen LogP contribution in [-0.4, -0.2) is 61.8 Å². The van der Waals surface area contributed by atoms with Crippen LogP contribution in [0.25, 0.3) is 22.6 Å². The van der Waals surface area contributed by atoms with Gasteiger partial charge in [0.05, 0.1) is 17.3 Å². The van der Waals surface area contributed by atoms with Crippen LogP contribution in [0, 0.1) is 0 Å². The van der Waals surface area contributed by atoms with Crippen molar-refractivity contribution in [3.8, 4) is 11.5 Å². The van der Waals surface area contributed by atoms with Gasteiger partial charge in [0.1, 0.15) is 5.52 Å². The zero-order valence-corrected chi connectivity index (χ0v) is 16.1. The van der Waals surface area contributed by atoms with E-state index in [1.54, 1.807) is 12.4 Å². The van der Waals surface area contributed by atoms with E-state index in [0.717, 1.165) is 13.0 Å². The van der Waals surface area contributed by atoms with Gasteiger partial charge in [-0.3, -0.25) is 9.78 Å². The van der Waals surface area contributed by atoms with Gasteiger partial charge in [-0.05, 0) is 50.1 Å². The third kappa shape index (κ3) is 3.19. The van der Waals surface area contributed by atoms with Crippen LogP contribution in [-0.2, 0) is 6.54 Å². The van der Waals surface area contributed by atoms with E-state index in [1.165, 1.54) is 12.8 Å². The average Bonchev–Trinajstić information content (AvgIpc) is 3.39. The minimum absolute atomic E-state index is 0.157. The predicted octanol–water partition coefficient (Wildman–Crippen LogP) is 1.30. The molecular weight excluding hydrogens is 360 g/mol. The van der Waals surface area contributed by atoms with Crippen molar-refractivity contribution in [2.45, 2.75) is 38.8 Å². The lowest BCUT2D eigenvalue weighted by molar-refractivity contribution is 0.0951. The molecule has 0 aromatic carbocycles. The van der Waals surface area contributed by atoms with Gasteiger partial charge in [-0.25, -0.2) is 9.61 Å². The smallest absolute Gasteiger partial charge is 0.255 e. The van der Waals surface area contributed by atoms with Crippen LogP contribution in [0.1, 0.15) is 36.5 Å². The lowest BCUT2D eigenvalue weighted by Gasteiger charge is -2.19. The fraction of sp³-hybridized carbons (Fsp3) is 0.500. The molecule has 0 spiro atoms. The summed E-state index contributed by atoms with van der Waals surface area (Å²) in [6.45, 7) is 4.29. The Balaban J connectivity index is 1.61. The van der Waals surface area contributed by atoms with Crippen molar-refractivity contribution in [2.75, 3.05) is 25.9 Å². The van der Waals surface area contributed by atoms with Crippen LogP contribution in [0.3, 0.4) is 0 Å². The molecule has 0 radical (unpaired) electrons. The number of rotatable bonds is 6. The zero-order valence-electron chi connectivity index (χ0n) is 16.1. The summed E-state index contributed by atoms with van der Waals surface area (Å²) in [5, 5.41) is 10.5. The largest absolute Gasteiger partial charge is 0.379 e. The highest BCUT2D eigenvalue weighted by Gasteiger charge is 2.23. The number of nitrogens with zero attached hydrogens (tertiary/aromatic N) is 6. The van der Waals surface area contributed by atoms with Gasteiger partial charge < -0.3 is 20.5 Å². The number of hydrogen-bond donors (Lipinski definition) is 2. The molecule has 3 aromatic heterocycles. The van der Waals surface area contributed by atoms with Gasteiger partial charge in [-0.15, -0.1) is 0 Å². The van der Waals surface area contributed by atoms with Crippen LogP contribution >= 0.6 is 0 Å². The number of likely N-dealkylation sites (tertiary alicyclic amines) is 1. The van der Waals surface area contributed by atoms with Gasteiger partial charge in [0, 0.05) is 25.3 Å². The number of nitrogens with two attached hydrogens (primary N) is 1. The number of anilines is 1. The summed E-state index contributed by atoms with van der Waals surface area (Å²) >= 11 is 0. The van der Waals surface area contributed by atoms with Crippen molar-refractivity contribution >= 4 is 22.8 Å². The molecule has 1 saturated heterocycles. The summed E-state index contributed by atoms with van der Waals surface area (Å²) in [4.78, 5) is 24.0. The first-order chi connectivity index (χ1) is 13.6. The van der Waals surface area contributed by atoms with Crippen molar-refractivity contribution in [3.63, 3.8) is 0 Å². The Hall–Kier alpha value is -3.01. The zero-order chi connectivity index (χ0) is 19.7. The standard InChI is InChI=1S/C18H24N8O2/c1-3-26-15-12(18(27)21-7-6-11-5-4-8-25(11)2)9-20-10-13(15)22-17(26)14-16(19)24-28-23-14/h9-11H,3-8H2,1-2H3,(H2,19,24)(H,21,27). The second-order valence-corrected chi connectivity index (χ2v) is 7.05. The van der Waals surface area contributed by atoms with Gasteiger partial charge in [0.15, 0.2) is 17.3 Å². The number of carbonyl (C=O) groups excluding carboxylic acids is 1. The number of imidazole rings is 1. The molecule has 4 heterocycles. The molecule has 4 rings (SSSR count). The third-order valence-corrected chi connectivity index (χ3v) is 5.37. The summed E-state index contributed by atoms with van der Waals surface area (Å²) in [7, 11) is 2.13. The molecule has 28 heavy (non-hydrogen) atoms. The molecule has 1 unspecified atom stereocenters. The van der Waals surface area contributed by atoms with Crippen LogP contribution in [0.2, 0.25) is 0 Å². The molecule has 3 N–H and O–H groups in total. The van der Waals surface area contributed by atoms with Crippen molar-refractivity contribution in [2.24, 2.45) is 0 Å². The maximum atomic E-state index is 12.9. The number of hydrogen-bond acceptors (Lipinski definition) is 8. The molecule has 1 fully saturated rings. The molecule has 1 atom stereocenters. The van der Waals surface area contributed by atoms with E-state index >= 15 is 0 Å². The van der Waals surface area contributed by atoms with Crippen LogP contribution in [0.4, 0.5) is 5.82 Å². The molecule has 3 aromatic rings. The Kier molecular flexibility index (Phi) is 4.95. The third-order valence-electron chi connectivity index (χ3n) is 5.37. The van der Waals surface area contributed by atoms with E-state index in [-0.39, 0.29) is 11.7 Å². The Morgan fingerprint density at radius 2 is 2.25 bits per heavy atom. The summed E-state index contributed by atoms with van der Waals surface area (Å²) in [6, 6.07) is 0.532. The van der Waals surface area contributed by atoms with Gasteiger partial charge in [0.2, 0.25) is 0 Å². The molecule has 1 aliphatic heterocycles. The van der Waals surface area contributed by atoms with Gasteiger partial charge >= 0.3 is 0 Å². The van der Waals surface area contributed by atoms with Crippen LogP contribution in [0.5, 0.6) is 0 Å². The van der Waals surface area contributed by atoms with E-state index in [2.05, 4.69) is 37.5 Å². The highest BCUT2D eigenvalue weighted by molar-refractivity contribution is 6.05. The molecular formula is C18H24N8O2. The first kappa shape index (κ1) is 18.4. The van der Waals surface area contributed by atoms with E-state index in [0.29, 0.717) is 47.2 Å². The summed E-state index contributed by atoms with van der Waals surface area (Å²) in [5.41, 5.74) is 7.97. The Morgan fingerprint density at radius 3 is 2.93 bits per heavy atom. The molecule has 0 bridgehead atoms. The SMILES string of the molecule is CCn1c(-c2nonc2N)nc2cncc(C(=O)NCCC3CCCN3C)c21. The van der Waals surface area contributed by atoms with Crippen molar-refractivity contribution < 1.29 is 9.42 Å². The molecule has 0 saturated carbocycles. The van der Waals surface area contributed by atoms with E-state index in [9.17, 15) is 4.79 Å². The van der Waals surface area contributed by atoms with E-state index < -0.39 is 0 Å². The highest BCUT2D eigenvalue weighted by Crippen LogP contribution is 2.28. The van der Waals surface area contributed by atoms with Gasteiger partial charge in [-0.2, -0.15) is 0 Å². The summed E-state index contributed by atoms with van der Waals surface area (Å²) in [5.74, 6) is 0.502. The number of carbonyl (C=O) groups is 1. The number of amides is 1. The minimum Gasteiger partial charge on any atom is -0.379 e. The predicted molar refractivity (Wildman–Crippen MR) is 104 cm³/mol. The average molecular weight is 384 g/mol. The maximum Gasteiger partial charge on any atom is 0.255 e. The number of nitrogens with one attached hydrogen (secondary N) is 1. The molecule has 10 nitrogen and oxygen atoms in total. The lowest BCUT2D eigenvalue weighted by atomic mass is 10.1. The summed E-state index contributed by atoms with van der Waals surface area (Å²) < 4.78 is 6.59. The number of aromatic nitrogens is 5. The van der Waals surface area contributed by atoms with E-state index in [4.69, 9.17) is 10.4 Å². The minimum atomic E-state index is -0.161. The highest BCUT2D eigenvalue weighted by atomic mass is 16.6. The second-order valence-electron chi connectivity index (χ2n) is 7.05. The maximum absolute atomic E-state index is 12.9. The molecule has 1 amide bonds. The van der Waals surface area contributed by atoms with Crippen LogP contribution < -0.4 is 11.1 Å². The topological polar surface area (TPSA) is 128 Å². The first-order valence-electron chi connectivity index (χ1n) is 9.51. The monoisotopic (exact) mass is 384 g/mol. The van der Waals surface area contributed by atoms with Crippen molar-refractivity contribution in [1.82, 2.24) is 35.1 Å². The number of nitrogen functional groups attached to an aromatic ring is 1. The number of fused-ring (bicyclic) bond motifs is 1. The first-order valence-corrected chi connectivity index (χ1v) is 9.51. The molecule has 0 aliphatic carbocycles. The fourth-order valence-corrected chi connectivity index (χ4v) is 3.89. The Morgan fingerprint density at radius 1 is 1.39 bits per heavy atom. The normalized spacial score (nSPS) is 17.4. The Bertz CT molecular complexity index is 995. The molecule has 10 heteroatoms. The van der Waals surface area contributed by atoms with Gasteiger partial charge in [-0.1, -0.05) is 0 Å². The molecule has 1 aliphatic rings. The number of pyridine rings is 1. The van der Waals surface area contributed by atoms with E-state index in [1.807, 2.05) is 11.5 Å². The van der Waals surface area contributed by atoms with Crippen molar-refractivity contribution in [1.29, 1.82) is 0 Å². The van der Waals surface area contributed by atoms with Gasteiger partial charge in [0.25, 0.3) is 5.91 Å². The Labute approximate surface area is 162 Å². The van der Waals surface area contributed by atoms with Crippen molar-refractivity contribution in [3.05, 3.63) is 18.0 Å².